The fourth-order valence-corrected chi connectivity index (χ4v) is 2.50. The van der Waals surface area contributed by atoms with Crippen molar-refractivity contribution in [2.45, 2.75) is 18.9 Å². The van der Waals surface area contributed by atoms with Crippen LogP contribution in [-0.4, -0.2) is 18.5 Å². The molecule has 0 aromatic heterocycles. The molecule has 1 aliphatic heterocycles. The summed E-state index contributed by atoms with van der Waals surface area (Å²) < 4.78 is 0. The molecule has 0 spiro atoms. The highest BCUT2D eigenvalue weighted by molar-refractivity contribution is 5.99. The average molecular weight is 240 g/mol. The molecule has 3 nitrogen and oxygen atoms in total. The average Bonchev–Trinajstić information content (AvgIpc) is 2.41. The fraction of sp³-hybridized carbons (Fsp3) is 0.267. The van der Waals surface area contributed by atoms with Crippen LogP contribution in [0.2, 0.25) is 0 Å². The molecular weight excluding hydrogens is 224 g/mol. The molecule has 0 aliphatic carbocycles. The molecule has 1 amide bonds. The van der Waals surface area contributed by atoms with Gasteiger partial charge < -0.3 is 10.6 Å². The van der Waals surface area contributed by atoms with Crippen LogP contribution in [0.3, 0.4) is 0 Å². The van der Waals surface area contributed by atoms with E-state index in [1.165, 1.54) is 5.39 Å². The van der Waals surface area contributed by atoms with Crippen molar-refractivity contribution in [2.75, 3.05) is 11.4 Å². The third-order valence-electron chi connectivity index (χ3n) is 3.52. The molecule has 3 rings (SSSR count). The normalized spacial score (nSPS) is 20.4. The van der Waals surface area contributed by atoms with E-state index in [9.17, 15) is 4.79 Å². The Balaban J connectivity index is 2.01. The molecule has 0 bridgehead atoms. The summed E-state index contributed by atoms with van der Waals surface area (Å²) in [5.41, 5.74) is 6.78. The summed E-state index contributed by atoms with van der Waals surface area (Å²) in [4.78, 5) is 13.9. The summed E-state index contributed by atoms with van der Waals surface area (Å²) >= 11 is 0. The van der Waals surface area contributed by atoms with Crippen molar-refractivity contribution < 1.29 is 4.79 Å². The highest BCUT2D eigenvalue weighted by Gasteiger charge is 2.26. The summed E-state index contributed by atoms with van der Waals surface area (Å²) in [6.07, 6.45) is 1.77. The van der Waals surface area contributed by atoms with Gasteiger partial charge in [0, 0.05) is 12.2 Å². The maximum Gasteiger partial charge on any atom is 0.243 e. The van der Waals surface area contributed by atoms with Crippen molar-refractivity contribution in [3.05, 3.63) is 42.5 Å². The number of benzene rings is 2. The molecule has 0 radical (unpaired) electrons. The van der Waals surface area contributed by atoms with E-state index in [-0.39, 0.29) is 11.9 Å². The minimum atomic E-state index is -0.342. The van der Waals surface area contributed by atoms with Gasteiger partial charge >= 0.3 is 0 Å². The van der Waals surface area contributed by atoms with Crippen LogP contribution in [0.4, 0.5) is 5.69 Å². The number of anilines is 1. The zero-order valence-corrected chi connectivity index (χ0v) is 10.2. The summed E-state index contributed by atoms with van der Waals surface area (Å²) in [7, 11) is 0. The Morgan fingerprint density at radius 2 is 1.89 bits per heavy atom. The first kappa shape index (κ1) is 11.2. The molecule has 2 aromatic carbocycles. The number of nitrogens with zero attached hydrogens (tertiary/aromatic N) is 1. The third-order valence-corrected chi connectivity index (χ3v) is 3.52. The van der Waals surface area contributed by atoms with Crippen molar-refractivity contribution >= 4 is 22.4 Å². The molecule has 1 aliphatic rings. The van der Waals surface area contributed by atoms with Crippen LogP contribution in [0.15, 0.2) is 42.5 Å². The van der Waals surface area contributed by atoms with Crippen molar-refractivity contribution in [1.29, 1.82) is 0 Å². The lowest BCUT2D eigenvalue weighted by atomic mass is 10.0. The molecule has 18 heavy (non-hydrogen) atoms. The second-order valence-corrected chi connectivity index (χ2v) is 4.77. The Kier molecular flexibility index (Phi) is 2.76. The van der Waals surface area contributed by atoms with Gasteiger partial charge in [0.15, 0.2) is 0 Å². The van der Waals surface area contributed by atoms with Crippen molar-refractivity contribution in [1.82, 2.24) is 0 Å². The zero-order chi connectivity index (χ0) is 12.5. The van der Waals surface area contributed by atoms with E-state index in [0.29, 0.717) is 0 Å². The minimum Gasteiger partial charge on any atom is -0.320 e. The van der Waals surface area contributed by atoms with E-state index in [1.807, 2.05) is 18.2 Å². The molecule has 3 heteroatoms. The van der Waals surface area contributed by atoms with Gasteiger partial charge in [-0.25, -0.2) is 0 Å². The lowest BCUT2D eigenvalue weighted by Crippen LogP contribution is -2.48. The van der Waals surface area contributed by atoms with Gasteiger partial charge in [-0.1, -0.05) is 30.3 Å². The zero-order valence-electron chi connectivity index (χ0n) is 10.2. The van der Waals surface area contributed by atoms with Gasteiger partial charge in [-0.3, -0.25) is 4.79 Å². The number of piperidine rings is 1. The second-order valence-electron chi connectivity index (χ2n) is 4.77. The first-order valence-electron chi connectivity index (χ1n) is 6.31. The van der Waals surface area contributed by atoms with Crippen LogP contribution in [0.25, 0.3) is 10.8 Å². The van der Waals surface area contributed by atoms with Gasteiger partial charge in [0.2, 0.25) is 5.91 Å². The summed E-state index contributed by atoms with van der Waals surface area (Å²) in [5.74, 6) is 0.0385. The van der Waals surface area contributed by atoms with Gasteiger partial charge in [0.1, 0.15) is 0 Å². The van der Waals surface area contributed by atoms with Gasteiger partial charge in [0.25, 0.3) is 0 Å². The molecule has 2 N–H and O–H groups in total. The highest BCUT2D eigenvalue weighted by atomic mass is 16.2. The number of amides is 1. The van der Waals surface area contributed by atoms with Gasteiger partial charge in [-0.15, -0.1) is 0 Å². The Morgan fingerprint density at radius 1 is 1.11 bits per heavy atom. The Bertz CT molecular complexity index is 594. The Morgan fingerprint density at radius 3 is 2.72 bits per heavy atom. The largest absolute Gasteiger partial charge is 0.320 e. The SMILES string of the molecule is NC1CCCN(c2ccc3ccccc3c2)C1=O. The molecule has 1 atom stereocenters. The molecule has 1 heterocycles. The van der Waals surface area contributed by atoms with E-state index < -0.39 is 0 Å². The summed E-state index contributed by atoms with van der Waals surface area (Å²) in [6.45, 7) is 0.769. The maximum atomic E-state index is 12.1. The molecular formula is C15H16N2O. The lowest BCUT2D eigenvalue weighted by molar-refractivity contribution is -0.120. The molecule has 92 valence electrons. The van der Waals surface area contributed by atoms with Crippen LogP contribution < -0.4 is 10.6 Å². The number of nitrogens with two attached hydrogens (primary N) is 1. The topological polar surface area (TPSA) is 46.3 Å². The van der Waals surface area contributed by atoms with Gasteiger partial charge in [0.05, 0.1) is 6.04 Å². The second kappa shape index (κ2) is 4.42. The number of hydrogen-bond donors (Lipinski definition) is 1. The predicted molar refractivity (Wildman–Crippen MR) is 73.5 cm³/mol. The number of carbonyl (C=O) groups is 1. The van der Waals surface area contributed by atoms with Crippen LogP contribution in [0.5, 0.6) is 0 Å². The highest BCUT2D eigenvalue weighted by Crippen LogP contribution is 2.25. The third kappa shape index (κ3) is 1.87. The first-order chi connectivity index (χ1) is 8.75. The Labute approximate surface area is 106 Å². The van der Waals surface area contributed by atoms with Crippen molar-refractivity contribution in [3.8, 4) is 0 Å². The van der Waals surface area contributed by atoms with E-state index in [0.717, 1.165) is 30.5 Å². The number of rotatable bonds is 1. The fourth-order valence-electron chi connectivity index (χ4n) is 2.50. The Hall–Kier alpha value is -1.87. The van der Waals surface area contributed by atoms with Crippen molar-refractivity contribution in [3.63, 3.8) is 0 Å². The molecule has 1 unspecified atom stereocenters. The van der Waals surface area contributed by atoms with Crippen molar-refractivity contribution in [2.24, 2.45) is 5.73 Å². The molecule has 2 aromatic rings. The maximum absolute atomic E-state index is 12.1. The van der Waals surface area contributed by atoms with Crippen LogP contribution in [0.1, 0.15) is 12.8 Å². The van der Waals surface area contributed by atoms with E-state index in [1.54, 1.807) is 4.90 Å². The number of carbonyl (C=O) groups excluding carboxylic acids is 1. The molecule has 0 saturated carbocycles. The monoisotopic (exact) mass is 240 g/mol. The quantitative estimate of drug-likeness (QED) is 0.831. The molecule has 1 fully saturated rings. The standard InChI is InChI=1S/C15H16N2O/c16-14-6-3-9-17(15(14)18)13-8-7-11-4-1-2-5-12(11)10-13/h1-2,4-5,7-8,10,14H,3,6,9,16H2. The van der Waals surface area contributed by atoms with Crippen LogP contribution >= 0.6 is 0 Å². The summed E-state index contributed by atoms with van der Waals surface area (Å²) in [5, 5.41) is 2.34. The van der Waals surface area contributed by atoms with Gasteiger partial charge in [-0.2, -0.15) is 0 Å². The lowest BCUT2D eigenvalue weighted by Gasteiger charge is -2.30. The van der Waals surface area contributed by atoms with Crippen LogP contribution in [-0.2, 0) is 4.79 Å². The minimum absolute atomic E-state index is 0.0385. The van der Waals surface area contributed by atoms with Gasteiger partial charge in [-0.05, 0) is 35.7 Å². The predicted octanol–water partition coefficient (Wildman–Crippen LogP) is 2.29. The van der Waals surface area contributed by atoms with E-state index >= 15 is 0 Å². The smallest absolute Gasteiger partial charge is 0.243 e. The number of hydrogen-bond acceptors (Lipinski definition) is 2. The molecule has 1 saturated heterocycles. The summed E-state index contributed by atoms with van der Waals surface area (Å²) in [6, 6.07) is 13.9. The van der Waals surface area contributed by atoms with E-state index in [2.05, 4.69) is 24.3 Å². The number of fused-ring (bicyclic) bond motifs is 1. The first-order valence-corrected chi connectivity index (χ1v) is 6.31. The van der Waals surface area contributed by atoms with Crippen LogP contribution in [0, 0.1) is 0 Å². The van der Waals surface area contributed by atoms with E-state index in [4.69, 9.17) is 5.73 Å².